The van der Waals surface area contributed by atoms with Crippen LogP contribution in [0.15, 0.2) is 65.1 Å². The monoisotopic (exact) mass is 577 g/mol. The fourth-order valence-electron chi connectivity index (χ4n) is 4.87. The van der Waals surface area contributed by atoms with Crippen molar-refractivity contribution < 1.29 is 28.4 Å². The van der Waals surface area contributed by atoms with Crippen LogP contribution in [0.2, 0.25) is 0 Å². The highest BCUT2D eigenvalue weighted by Gasteiger charge is 2.32. The standard InChI is InChI=1S/C33H43N3O6/c1-5-8-10-15-28(29(6-2)36(23-37)41-21-25-13-11-9-12-14-25)32(38)34-22-35-33(39)31-17-16-30(42-31)26-18-24(4)19-27(20-26)40-7-3/h9,11-14,16-20,23,28-29H,5-8,10,15,21-22H2,1-4H3,(H,34,38)(H,35,39). The van der Waals surface area contributed by atoms with Gasteiger partial charge in [-0.1, -0.05) is 63.4 Å². The number of ether oxygens (including phenoxy) is 1. The lowest BCUT2D eigenvalue weighted by atomic mass is 9.90. The Hall–Kier alpha value is -4.11. The van der Waals surface area contributed by atoms with Gasteiger partial charge in [-0.2, -0.15) is 0 Å². The van der Waals surface area contributed by atoms with Gasteiger partial charge in [0.2, 0.25) is 12.3 Å². The van der Waals surface area contributed by atoms with Crippen molar-refractivity contribution in [2.24, 2.45) is 5.92 Å². The van der Waals surface area contributed by atoms with Crippen LogP contribution in [-0.4, -0.2) is 42.6 Å². The molecule has 226 valence electrons. The molecule has 2 unspecified atom stereocenters. The number of rotatable bonds is 18. The first-order valence-electron chi connectivity index (χ1n) is 14.7. The summed E-state index contributed by atoms with van der Waals surface area (Å²) < 4.78 is 11.4. The molecule has 0 saturated carbocycles. The predicted molar refractivity (Wildman–Crippen MR) is 161 cm³/mol. The third-order valence-electron chi connectivity index (χ3n) is 6.98. The van der Waals surface area contributed by atoms with Gasteiger partial charge >= 0.3 is 0 Å². The molecule has 3 amide bonds. The van der Waals surface area contributed by atoms with E-state index >= 15 is 0 Å². The van der Waals surface area contributed by atoms with Crippen molar-refractivity contribution in [2.75, 3.05) is 13.3 Å². The van der Waals surface area contributed by atoms with Crippen LogP contribution in [0, 0.1) is 12.8 Å². The zero-order valence-electron chi connectivity index (χ0n) is 25.1. The summed E-state index contributed by atoms with van der Waals surface area (Å²) in [6, 6.07) is 18.2. The maximum Gasteiger partial charge on any atom is 0.288 e. The fourth-order valence-corrected chi connectivity index (χ4v) is 4.87. The molecule has 3 aromatic rings. The van der Waals surface area contributed by atoms with E-state index in [-0.39, 0.29) is 24.9 Å². The van der Waals surface area contributed by atoms with E-state index in [4.69, 9.17) is 14.0 Å². The van der Waals surface area contributed by atoms with Crippen LogP contribution in [0.3, 0.4) is 0 Å². The average Bonchev–Trinajstić information content (AvgIpc) is 3.49. The van der Waals surface area contributed by atoms with Crippen molar-refractivity contribution in [3.8, 4) is 17.1 Å². The number of hydroxylamine groups is 2. The molecular weight excluding hydrogens is 534 g/mol. The number of nitrogens with one attached hydrogen (secondary N) is 2. The maximum absolute atomic E-state index is 13.4. The van der Waals surface area contributed by atoms with Crippen molar-refractivity contribution in [3.63, 3.8) is 0 Å². The quantitative estimate of drug-likeness (QED) is 0.0828. The molecule has 0 radical (unpaired) electrons. The summed E-state index contributed by atoms with van der Waals surface area (Å²) in [7, 11) is 0. The van der Waals surface area contributed by atoms with Crippen LogP contribution in [0.4, 0.5) is 0 Å². The molecule has 0 saturated heterocycles. The Kier molecular flexibility index (Phi) is 13.1. The zero-order chi connectivity index (χ0) is 30.3. The normalized spacial score (nSPS) is 12.3. The number of hydrogen-bond donors (Lipinski definition) is 2. The third kappa shape index (κ3) is 9.48. The molecule has 2 aromatic carbocycles. The number of hydrogen-bond acceptors (Lipinski definition) is 6. The minimum Gasteiger partial charge on any atom is -0.494 e. The molecule has 3 rings (SSSR count). The zero-order valence-corrected chi connectivity index (χ0v) is 25.1. The van der Waals surface area contributed by atoms with Crippen LogP contribution in [0.5, 0.6) is 5.75 Å². The number of amides is 3. The number of aryl methyl sites for hydroxylation is 1. The van der Waals surface area contributed by atoms with Crippen LogP contribution >= 0.6 is 0 Å². The SMILES string of the molecule is CCCCCC(C(=O)NCNC(=O)c1ccc(-c2cc(C)cc(OCC)c2)o1)C(CC)N(C=O)OCc1ccccc1. The van der Waals surface area contributed by atoms with E-state index in [1.807, 2.05) is 69.3 Å². The highest BCUT2D eigenvalue weighted by atomic mass is 16.7. The first kappa shape index (κ1) is 32.4. The van der Waals surface area contributed by atoms with E-state index in [9.17, 15) is 14.4 Å². The second kappa shape index (κ2) is 17.0. The average molecular weight is 578 g/mol. The summed E-state index contributed by atoms with van der Waals surface area (Å²) >= 11 is 0. The molecule has 1 heterocycles. The summed E-state index contributed by atoms with van der Waals surface area (Å²) in [6.07, 6.45) is 4.57. The second-order valence-corrected chi connectivity index (χ2v) is 10.2. The van der Waals surface area contributed by atoms with Gasteiger partial charge in [-0.05, 0) is 68.1 Å². The van der Waals surface area contributed by atoms with Crippen molar-refractivity contribution in [2.45, 2.75) is 72.4 Å². The number of benzene rings is 2. The van der Waals surface area contributed by atoms with E-state index in [1.165, 1.54) is 5.06 Å². The number of unbranched alkanes of at least 4 members (excludes halogenated alkanes) is 2. The van der Waals surface area contributed by atoms with Gasteiger partial charge in [-0.3, -0.25) is 19.2 Å². The van der Waals surface area contributed by atoms with E-state index in [2.05, 4.69) is 17.6 Å². The number of carbonyl (C=O) groups is 3. The molecule has 9 heteroatoms. The lowest BCUT2D eigenvalue weighted by Crippen LogP contribution is -2.48. The summed E-state index contributed by atoms with van der Waals surface area (Å²) in [5, 5.41) is 6.78. The first-order chi connectivity index (χ1) is 20.4. The van der Waals surface area contributed by atoms with Crippen LogP contribution in [0.25, 0.3) is 11.3 Å². The molecule has 2 atom stereocenters. The Morgan fingerprint density at radius 3 is 2.48 bits per heavy atom. The van der Waals surface area contributed by atoms with Gasteiger partial charge in [0.15, 0.2) is 5.76 Å². The highest BCUT2D eigenvalue weighted by Crippen LogP contribution is 2.28. The molecule has 0 bridgehead atoms. The van der Waals surface area contributed by atoms with Crippen LogP contribution < -0.4 is 15.4 Å². The van der Waals surface area contributed by atoms with Crippen LogP contribution in [-0.2, 0) is 21.0 Å². The Morgan fingerprint density at radius 1 is 1.00 bits per heavy atom. The van der Waals surface area contributed by atoms with E-state index < -0.39 is 17.9 Å². The van der Waals surface area contributed by atoms with E-state index in [0.717, 1.165) is 41.7 Å². The fraction of sp³-hybridized carbons (Fsp3) is 0.424. The Morgan fingerprint density at radius 2 is 1.79 bits per heavy atom. The van der Waals surface area contributed by atoms with Gasteiger partial charge in [0.1, 0.15) is 18.1 Å². The van der Waals surface area contributed by atoms with Gasteiger partial charge in [0, 0.05) is 5.56 Å². The minimum absolute atomic E-state index is 0.0840. The Labute approximate surface area is 248 Å². The molecule has 0 fully saturated rings. The largest absolute Gasteiger partial charge is 0.494 e. The molecule has 9 nitrogen and oxygen atoms in total. The van der Waals surface area contributed by atoms with Crippen molar-refractivity contribution in [1.82, 2.24) is 15.7 Å². The summed E-state index contributed by atoms with van der Waals surface area (Å²) in [5.74, 6) is 0.197. The van der Waals surface area contributed by atoms with Crippen molar-refractivity contribution >= 4 is 18.2 Å². The number of carbonyl (C=O) groups excluding carboxylic acids is 3. The third-order valence-corrected chi connectivity index (χ3v) is 6.98. The molecule has 42 heavy (non-hydrogen) atoms. The van der Waals surface area contributed by atoms with Crippen molar-refractivity contribution in [1.29, 1.82) is 0 Å². The summed E-state index contributed by atoms with van der Waals surface area (Å²) in [5.41, 5.74) is 2.74. The summed E-state index contributed by atoms with van der Waals surface area (Å²) in [4.78, 5) is 44.0. The molecular formula is C33H43N3O6. The number of nitrogens with zero attached hydrogens (tertiary/aromatic N) is 1. The van der Waals surface area contributed by atoms with E-state index in [1.54, 1.807) is 12.1 Å². The summed E-state index contributed by atoms with van der Waals surface area (Å²) in [6.45, 7) is 8.59. The Balaban J connectivity index is 1.62. The van der Waals surface area contributed by atoms with Gasteiger partial charge in [-0.15, -0.1) is 0 Å². The van der Waals surface area contributed by atoms with Gasteiger partial charge in [0.05, 0.1) is 25.2 Å². The van der Waals surface area contributed by atoms with Gasteiger partial charge in [0.25, 0.3) is 5.91 Å². The predicted octanol–water partition coefficient (Wildman–Crippen LogP) is 6.02. The lowest BCUT2D eigenvalue weighted by molar-refractivity contribution is -0.200. The van der Waals surface area contributed by atoms with Gasteiger partial charge in [-0.25, -0.2) is 5.06 Å². The van der Waals surface area contributed by atoms with Gasteiger partial charge < -0.3 is 19.8 Å². The minimum atomic E-state index is -0.504. The molecule has 0 aliphatic carbocycles. The maximum atomic E-state index is 13.4. The van der Waals surface area contributed by atoms with Crippen LogP contribution in [0.1, 0.15) is 74.6 Å². The smallest absolute Gasteiger partial charge is 0.288 e. The topological polar surface area (TPSA) is 110 Å². The molecule has 0 spiro atoms. The van der Waals surface area contributed by atoms with Crippen molar-refractivity contribution in [3.05, 3.63) is 77.6 Å². The number of furan rings is 1. The molecule has 0 aliphatic heterocycles. The first-order valence-corrected chi connectivity index (χ1v) is 14.7. The molecule has 0 aliphatic rings. The molecule has 1 aromatic heterocycles. The van der Waals surface area contributed by atoms with E-state index in [0.29, 0.717) is 31.6 Å². The Bertz CT molecular complexity index is 1280. The molecule has 2 N–H and O–H groups in total. The second-order valence-electron chi connectivity index (χ2n) is 10.2. The highest BCUT2D eigenvalue weighted by molar-refractivity contribution is 5.92. The lowest BCUT2D eigenvalue weighted by Gasteiger charge is -2.32.